The van der Waals surface area contributed by atoms with E-state index in [9.17, 15) is 14.7 Å². The number of hydrogen-bond acceptors (Lipinski definition) is 4. The standard InChI is InChI=1S/C18H16O4/c1-12(18(21)22-2)17(20)16-9-7-15(8-10-16)14-5-3-13(11-19)4-6-14/h3-11,17,20H,1H2,2H3. The van der Waals surface area contributed by atoms with Crippen molar-refractivity contribution in [2.45, 2.75) is 6.10 Å². The SMILES string of the molecule is C=C(C(=O)OC)C(O)c1ccc(-c2ccc(C=O)cc2)cc1. The van der Waals surface area contributed by atoms with Crippen LogP contribution in [0, 0.1) is 0 Å². The molecule has 0 spiro atoms. The molecule has 0 aliphatic carbocycles. The van der Waals surface area contributed by atoms with Crippen LogP contribution in [0.3, 0.4) is 0 Å². The normalized spacial score (nSPS) is 11.5. The monoisotopic (exact) mass is 296 g/mol. The summed E-state index contributed by atoms with van der Waals surface area (Å²) >= 11 is 0. The van der Waals surface area contributed by atoms with Gasteiger partial charge in [0.15, 0.2) is 0 Å². The Hall–Kier alpha value is -2.72. The van der Waals surface area contributed by atoms with Crippen LogP contribution in [0.5, 0.6) is 0 Å². The van der Waals surface area contributed by atoms with Gasteiger partial charge in [-0.25, -0.2) is 4.79 Å². The van der Waals surface area contributed by atoms with Crippen LogP contribution in [0.2, 0.25) is 0 Å². The van der Waals surface area contributed by atoms with E-state index in [-0.39, 0.29) is 5.57 Å². The van der Waals surface area contributed by atoms with Crippen LogP contribution in [0.15, 0.2) is 60.7 Å². The fraction of sp³-hybridized carbons (Fsp3) is 0.111. The van der Waals surface area contributed by atoms with Crippen molar-refractivity contribution in [3.8, 4) is 11.1 Å². The maximum atomic E-state index is 11.4. The van der Waals surface area contributed by atoms with E-state index in [1.165, 1.54) is 7.11 Å². The van der Waals surface area contributed by atoms with Crippen molar-refractivity contribution in [1.29, 1.82) is 0 Å². The number of carbonyl (C=O) groups excluding carboxylic acids is 2. The molecule has 0 aromatic heterocycles. The first-order chi connectivity index (χ1) is 10.6. The third-order valence-corrected chi connectivity index (χ3v) is 3.38. The van der Waals surface area contributed by atoms with Crippen molar-refractivity contribution in [2.24, 2.45) is 0 Å². The number of hydrogen-bond donors (Lipinski definition) is 1. The van der Waals surface area contributed by atoms with Crippen LogP contribution in [-0.2, 0) is 9.53 Å². The van der Waals surface area contributed by atoms with Gasteiger partial charge in [0, 0.05) is 5.56 Å². The number of rotatable bonds is 5. The summed E-state index contributed by atoms with van der Waals surface area (Å²) in [5.74, 6) is -0.638. The number of carbonyl (C=O) groups is 2. The van der Waals surface area contributed by atoms with Crippen molar-refractivity contribution in [2.75, 3.05) is 7.11 Å². The van der Waals surface area contributed by atoms with Gasteiger partial charge in [-0.1, -0.05) is 55.1 Å². The molecule has 1 atom stereocenters. The molecule has 0 fully saturated rings. The molecule has 1 unspecified atom stereocenters. The maximum Gasteiger partial charge on any atom is 0.336 e. The van der Waals surface area contributed by atoms with Gasteiger partial charge in [-0.3, -0.25) is 4.79 Å². The van der Waals surface area contributed by atoms with E-state index in [2.05, 4.69) is 11.3 Å². The number of aliphatic hydroxyl groups excluding tert-OH is 1. The lowest BCUT2D eigenvalue weighted by Gasteiger charge is -2.13. The summed E-state index contributed by atoms with van der Waals surface area (Å²) in [6.45, 7) is 3.54. The molecule has 0 radical (unpaired) electrons. The average molecular weight is 296 g/mol. The van der Waals surface area contributed by atoms with E-state index in [1.54, 1.807) is 24.3 Å². The molecule has 0 heterocycles. The van der Waals surface area contributed by atoms with Crippen molar-refractivity contribution >= 4 is 12.3 Å². The molecule has 2 aromatic rings. The molecule has 0 aliphatic rings. The lowest BCUT2D eigenvalue weighted by molar-refractivity contribution is -0.137. The van der Waals surface area contributed by atoms with Crippen LogP contribution in [0.1, 0.15) is 22.0 Å². The Labute approximate surface area is 128 Å². The smallest absolute Gasteiger partial charge is 0.336 e. The number of aliphatic hydroxyl groups is 1. The predicted molar refractivity (Wildman–Crippen MR) is 83.4 cm³/mol. The van der Waals surface area contributed by atoms with Crippen LogP contribution in [-0.4, -0.2) is 24.5 Å². The summed E-state index contributed by atoms with van der Waals surface area (Å²) in [5.41, 5.74) is 3.06. The Bertz CT molecular complexity index is 684. The Balaban J connectivity index is 2.20. The summed E-state index contributed by atoms with van der Waals surface area (Å²) in [6, 6.07) is 14.3. The highest BCUT2D eigenvalue weighted by molar-refractivity contribution is 5.89. The van der Waals surface area contributed by atoms with Crippen molar-refractivity contribution in [3.05, 3.63) is 71.8 Å². The number of ether oxygens (including phenoxy) is 1. The zero-order chi connectivity index (χ0) is 16.1. The largest absolute Gasteiger partial charge is 0.466 e. The lowest BCUT2D eigenvalue weighted by Crippen LogP contribution is -2.11. The first-order valence-corrected chi connectivity index (χ1v) is 6.67. The van der Waals surface area contributed by atoms with Crippen molar-refractivity contribution in [3.63, 3.8) is 0 Å². The fourth-order valence-corrected chi connectivity index (χ4v) is 2.06. The molecule has 2 aromatic carbocycles. The molecule has 2 rings (SSSR count). The minimum Gasteiger partial charge on any atom is -0.466 e. The van der Waals surface area contributed by atoms with Gasteiger partial charge in [0.25, 0.3) is 0 Å². The molecule has 1 N–H and O–H groups in total. The Morgan fingerprint density at radius 2 is 1.59 bits per heavy atom. The summed E-state index contributed by atoms with van der Waals surface area (Å²) in [6.07, 6.45) is -0.305. The summed E-state index contributed by atoms with van der Waals surface area (Å²) in [5, 5.41) is 10.1. The van der Waals surface area contributed by atoms with Crippen molar-refractivity contribution < 1.29 is 19.4 Å². The second kappa shape index (κ2) is 6.83. The van der Waals surface area contributed by atoms with E-state index in [4.69, 9.17) is 0 Å². The van der Waals surface area contributed by atoms with Gasteiger partial charge in [-0.2, -0.15) is 0 Å². The molecule has 0 aliphatic heterocycles. The lowest BCUT2D eigenvalue weighted by atomic mass is 9.98. The highest BCUT2D eigenvalue weighted by Gasteiger charge is 2.18. The van der Waals surface area contributed by atoms with Gasteiger partial charge in [0.2, 0.25) is 0 Å². The van der Waals surface area contributed by atoms with Gasteiger partial charge in [0.05, 0.1) is 12.7 Å². The number of aldehydes is 1. The van der Waals surface area contributed by atoms with E-state index >= 15 is 0 Å². The summed E-state index contributed by atoms with van der Waals surface area (Å²) in [4.78, 5) is 22.0. The molecule has 0 saturated carbocycles. The first-order valence-electron chi connectivity index (χ1n) is 6.67. The zero-order valence-corrected chi connectivity index (χ0v) is 12.2. The van der Waals surface area contributed by atoms with Crippen molar-refractivity contribution in [1.82, 2.24) is 0 Å². The van der Waals surface area contributed by atoms with Gasteiger partial charge in [-0.05, 0) is 16.7 Å². The van der Waals surface area contributed by atoms with Crippen LogP contribution >= 0.6 is 0 Å². The highest BCUT2D eigenvalue weighted by Crippen LogP contribution is 2.25. The third-order valence-electron chi connectivity index (χ3n) is 3.38. The quantitative estimate of drug-likeness (QED) is 0.523. The highest BCUT2D eigenvalue weighted by atomic mass is 16.5. The van der Waals surface area contributed by atoms with Gasteiger partial charge >= 0.3 is 5.97 Å². The second-order valence-corrected chi connectivity index (χ2v) is 4.78. The molecular weight excluding hydrogens is 280 g/mol. The molecule has 22 heavy (non-hydrogen) atoms. The second-order valence-electron chi connectivity index (χ2n) is 4.78. The Morgan fingerprint density at radius 3 is 2.05 bits per heavy atom. The van der Waals surface area contributed by atoms with E-state index in [0.717, 1.165) is 17.4 Å². The number of esters is 1. The van der Waals surface area contributed by atoms with Crippen LogP contribution in [0.25, 0.3) is 11.1 Å². The van der Waals surface area contributed by atoms with E-state index in [1.807, 2.05) is 24.3 Å². The topological polar surface area (TPSA) is 63.6 Å². The minimum atomic E-state index is -1.10. The molecule has 4 nitrogen and oxygen atoms in total. The van der Waals surface area contributed by atoms with Crippen LogP contribution in [0.4, 0.5) is 0 Å². The molecule has 4 heteroatoms. The number of methoxy groups -OCH3 is 1. The molecule has 0 amide bonds. The fourth-order valence-electron chi connectivity index (χ4n) is 2.06. The molecular formula is C18H16O4. The predicted octanol–water partition coefficient (Wildman–Crippen LogP) is 2.93. The molecule has 0 saturated heterocycles. The van der Waals surface area contributed by atoms with E-state index in [0.29, 0.717) is 11.1 Å². The summed E-state index contributed by atoms with van der Waals surface area (Å²) < 4.78 is 4.54. The van der Waals surface area contributed by atoms with E-state index < -0.39 is 12.1 Å². The Kier molecular flexibility index (Phi) is 4.86. The maximum absolute atomic E-state index is 11.4. The summed E-state index contributed by atoms with van der Waals surface area (Å²) in [7, 11) is 1.24. The van der Waals surface area contributed by atoms with Gasteiger partial charge in [0.1, 0.15) is 12.4 Å². The van der Waals surface area contributed by atoms with Gasteiger partial charge < -0.3 is 9.84 Å². The average Bonchev–Trinajstić information content (AvgIpc) is 2.60. The van der Waals surface area contributed by atoms with Gasteiger partial charge in [-0.15, -0.1) is 0 Å². The minimum absolute atomic E-state index is 0.00872. The zero-order valence-electron chi connectivity index (χ0n) is 12.2. The van der Waals surface area contributed by atoms with Crippen LogP contribution < -0.4 is 0 Å². The molecule has 112 valence electrons. The Morgan fingerprint density at radius 1 is 1.09 bits per heavy atom. The molecule has 0 bridgehead atoms. The third kappa shape index (κ3) is 3.30. The first kappa shape index (κ1) is 15.7. The number of benzene rings is 2.